The van der Waals surface area contributed by atoms with Gasteiger partial charge < -0.3 is 25.3 Å². The molecule has 0 aliphatic carbocycles. The second kappa shape index (κ2) is 11.1. The molecular weight excluding hydrogens is 478 g/mol. The summed E-state index contributed by atoms with van der Waals surface area (Å²) in [6, 6.07) is 21.0. The van der Waals surface area contributed by atoms with E-state index in [1.165, 1.54) is 29.8 Å². The molecule has 2 aliphatic heterocycles. The first-order chi connectivity index (χ1) is 17.1. The lowest BCUT2D eigenvalue weighted by atomic mass is 10.2. The van der Waals surface area contributed by atoms with Gasteiger partial charge in [0.2, 0.25) is 5.95 Å². The summed E-state index contributed by atoms with van der Waals surface area (Å²) >= 11 is 11.8. The molecule has 0 saturated carbocycles. The highest BCUT2D eigenvalue weighted by molar-refractivity contribution is 7.80. The summed E-state index contributed by atoms with van der Waals surface area (Å²) in [5.41, 5.74) is 3.70. The van der Waals surface area contributed by atoms with Crippen LogP contribution in [0.15, 0.2) is 60.7 Å². The van der Waals surface area contributed by atoms with Gasteiger partial charge in [0.15, 0.2) is 5.11 Å². The second-order valence-corrected chi connectivity index (χ2v) is 9.65. The van der Waals surface area contributed by atoms with Crippen molar-refractivity contribution in [2.24, 2.45) is 0 Å². The fourth-order valence-corrected chi connectivity index (χ4v) is 4.93. The Morgan fingerprint density at radius 1 is 0.800 bits per heavy atom. The molecule has 7 nitrogen and oxygen atoms in total. The summed E-state index contributed by atoms with van der Waals surface area (Å²) in [4.78, 5) is 16.0. The third-order valence-corrected chi connectivity index (χ3v) is 6.93. The zero-order valence-corrected chi connectivity index (χ0v) is 21.2. The number of piperazine rings is 1. The highest BCUT2D eigenvalue weighted by atomic mass is 35.5. The van der Waals surface area contributed by atoms with Crippen LogP contribution in [-0.2, 0) is 6.54 Å². The molecule has 9 heteroatoms. The Morgan fingerprint density at radius 2 is 1.43 bits per heavy atom. The normalized spacial score (nSPS) is 15.9. The number of nitrogens with zero attached hydrogens (tertiary/aromatic N) is 5. The van der Waals surface area contributed by atoms with Crippen LogP contribution in [0.3, 0.4) is 0 Å². The fraction of sp³-hybridized carbons (Fsp3) is 0.346. The van der Waals surface area contributed by atoms with E-state index in [9.17, 15) is 0 Å². The number of rotatable bonds is 6. The molecule has 0 unspecified atom stereocenters. The average Bonchev–Trinajstić information content (AvgIpc) is 3.43. The molecule has 0 radical (unpaired) electrons. The van der Waals surface area contributed by atoms with E-state index in [-0.39, 0.29) is 0 Å². The third kappa shape index (κ3) is 6.13. The molecule has 35 heavy (non-hydrogen) atoms. The summed E-state index contributed by atoms with van der Waals surface area (Å²) in [5.74, 6) is 1.21. The van der Waals surface area contributed by atoms with Gasteiger partial charge in [0.1, 0.15) is 11.0 Å². The molecule has 1 aromatic heterocycles. The molecule has 182 valence electrons. The Hall–Kier alpha value is -3.10. The summed E-state index contributed by atoms with van der Waals surface area (Å²) < 4.78 is 0. The number of thiocarbonyl (C=S) groups is 1. The van der Waals surface area contributed by atoms with Gasteiger partial charge in [-0.2, -0.15) is 4.98 Å². The first-order valence-corrected chi connectivity index (χ1v) is 12.9. The van der Waals surface area contributed by atoms with Crippen LogP contribution in [0.5, 0.6) is 0 Å². The van der Waals surface area contributed by atoms with Crippen molar-refractivity contribution in [3.8, 4) is 0 Å². The number of para-hydroxylation sites is 1. The standard InChI is InChI=1S/C26H30ClN7S/c27-23-18-24(34-16-14-33(15-17-34)21-6-2-1-3-7-21)30-25(29-23)31-26(35)28-19-20-8-10-22(11-9-20)32-12-4-5-13-32/h1-3,6-11,18H,4-5,12-17,19H2,(H2,28,29,30,31,35). The molecule has 0 amide bonds. The lowest BCUT2D eigenvalue weighted by Gasteiger charge is -2.36. The number of halogens is 1. The lowest BCUT2D eigenvalue weighted by Crippen LogP contribution is -2.46. The summed E-state index contributed by atoms with van der Waals surface area (Å²) in [6.07, 6.45) is 2.56. The smallest absolute Gasteiger partial charge is 0.232 e. The highest BCUT2D eigenvalue weighted by Gasteiger charge is 2.19. The van der Waals surface area contributed by atoms with E-state index < -0.39 is 0 Å². The molecular formula is C26H30ClN7S. The van der Waals surface area contributed by atoms with E-state index in [4.69, 9.17) is 23.8 Å². The minimum absolute atomic E-state index is 0.392. The zero-order valence-electron chi connectivity index (χ0n) is 19.7. The summed E-state index contributed by atoms with van der Waals surface area (Å²) in [5, 5.41) is 7.19. The summed E-state index contributed by atoms with van der Waals surface area (Å²) in [6.45, 7) is 6.48. The Bertz CT molecular complexity index is 1130. The maximum absolute atomic E-state index is 6.32. The first-order valence-electron chi connectivity index (χ1n) is 12.1. The molecule has 3 heterocycles. The van der Waals surface area contributed by atoms with Crippen molar-refractivity contribution >= 4 is 52.1 Å². The Kier molecular flexibility index (Phi) is 7.49. The minimum Gasteiger partial charge on any atom is -0.372 e. The average molecular weight is 508 g/mol. The largest absolute Gasteiger partial charge is 0.372 e. The van der Waals surface area contributed by atoms with Crippen LogP contribution in [0.1, 0.15) is 18.4 Å². The van der Waals surface area contributed by atoms with Gasteiger partial charge in [-0.1, -0.05) is 41.9 Å². The molecule has 2 fully saturated rings. The SMILES string of the molecule is S=C(NCc1ccc(N2CCCC2)cc1)Nc1nc(Cl)cc(N2CCN(c3ccccc3)CC2)n1. The number of aromatic nitrogens is 2. The second-order valence-electron chi connectivity index (χ2n) is 8.85. The fourth-order valence-electron chi connectivity index (χ4n) is 4.58. The van der Waals surface area contributed by atoms with Crippen LogP contribution in [0.4, 0.5) is 23.1 Å². The van der Waals surface area contributed by atoms with Crippen molar-refractivity contribution in [3.05, 3.63) is 71.4 Å². The maximum atomic E-state index is 6.32. The van der Waals surface area contributed by atoms with E-state index in [0.29, 0.717) is 22.8 Å². The molecule has 2 saturated heterocycles. The van der Waals surface area contributed by atoms with E-state index >= 15 is 0 Å². The number of hydrogen-bond donors (Lipinski definition) is 2. The van der Waals surface area contributed by atoms with Crippen molar-refractivity contribution in [3.63, 3.8) is 0 Å². The van der Waals surface area contributed by atoms with Gasteiger partial charge >= 0.3 is 0 Å². The van der Waals surface area contributed by atoms with Crippen LogP contribution in [0.25, 0.3) is 0 Å². The Labute approximate surface area is 217 Å². The molecule has 0 bridgehead atoms. The summed E-state index contributed by atoms with van der Waals surface area (Å²) in [7, 11) is 0. The van der Waals surface area contributed by atoms with Gasteiger partial charge in [-0.3, -0.25) is 0 Å². The molecule has 5 rings (SSSR count). The quantitative estimate of drug-likeness (QED) is 0.372. The van der Waals surface area contributed by atoms with Crippen LogP contribution < -0.4 is 25.3 Å². The molecule has 3 aromatic rings. The molecule has 2 N–H and O–H groups in total. The topological polar surface area (TPSA) is 59.6 Å². The van der Waals surface area contributed by atoms with Gasteiger partial charge in [0.05, 0.1) is 0 Å². The van der Waals surface area contributed by atoms with Gasteiger partial charge in [-0.05, 0) is 54.9 Å². The highest BCUT2D eigenvalue weighted by Crippen LogP contribution is 2.23. The van der Waals surface area contributed by atoms with Gasteiger partial charge in [-0.25, -0.2) is 4.98 Å². The predicted molar refractivity (Wildman–Crippen MR) is 149 cm³/mol. The Morgan fingerprint density at radius 3 is 2.14 bits per heavy atom. The van der Waals surface area contributed by atoms with E-state index in [1.807, 2.05) is 12.1 Å². The number of nitrogens with one attached hydrogen (secondary N) is 2. The Balaban J connectivity index is 1.14. The minimum atomic E-state index is 0.392. The van der Waals surface area contributed by atoms with Crippen molar-refractivity contribution in [2.75, 3.05) is 59.3 Å². The van der Waals surface area contributed by atoms with Crippen molar-refractivity contribution in [2.45, 2.75) is 19.4 Å². The van der Waals surface area contributed by atoms with Crippen LogP contribution >= 0.6 is 23.8 Å². The lowest BCUT2D eigenvalue weighted by molar-refractivity contribution is 0.647. The number of anilines is 4. The molecule has 0 atom stereocenters. The monoisotopic (exact) mass is 507 g/mol. The maximum Gasteiger partial charge on any atom is 0.232 e. The van der Waals surface area contributed by atoms with E-state index in [1.54, 1.807) is 0 Å². The van der Waals surface area contributed by atoms with E-state index in [0.717, 1.165) is 45.1 Å². The number of hydrogen-bond acceptors (Lipinski definition) is 6. The van der Waals surface area contributed by atoms with E-state index in [2.05, 4.69) is 83.8 Å². The first kappa shape index (κ1) is 23.6. The van der Waals surface area contributed by atoms with Crippen LogP contribution in [-0.4, -0.2) is 54.3 Å². The van der Waals surface area contributed by atoms with Crippen LogP contribution in [0, 0.1) is 0 Å². The number of benzene rings is 2. The molecule has 2 aliphatic rings. The third-order valence-electron chi connectivity index (χ3n) is 6.49. The van der Waals surface area contributed by atoms with Crippen molar-refractivity contribution in [1.82, 2.24) is 15.3 Å². The van der Waals surface area contributed by atoms with Gasteiger partial charge in [0.25, 0.3) is 0 Å². The van der Waals surface area contributed by atoms with Gasteiger partial charge in [0, 0.05) is 63.3 Å². The predicted octanol–water partition coefficient (Wildman–Crippen LogP) is 4.54. The van der Waals surface area contributed by atoms with Gasteiger partial charge in [-0.15, -0.1) is 0 Å². The zero-order chi connectivity index (χ0) is 24.0. The molecule has 2 aromatic carbocycles. The molecule has 0 spiro atoms. The van der Waals surface area contributed by atoms with Crippen LogP contribution in [0.2, 0.25) is 5.15 Å². The van der Waals surface area contributed by atoms with Crippen molar-refractivity contribution in [1.29, 1.82) is 0 Å². The van der Waals surface area contributed by atoms with Crippen molar-refractivity contribution < 1.29 is 0 Å².